The summed E-state index contributed by atoms with van der Waals surface area (Å²) in [6.07, 6.45) is 4.09. The smallest absolute Gasteiger partial charge is 0.0419 e. The molecule has 0 unspecified atom stereocenters. The third-order valence-corrected chi connectivity index (χ3v) is 4.29. The van der Waals surface area contributed by atoms with Crippen LogP contribution in [0.1, 0.15) is 37.0 Å². The molecule has 0 saturated carbocycles. The van der Waals surface area contributed by atoms with Gasteiger partial charge in [0.05, 0.1) is 0 Å². The second-order valence-electron chi connectivity index (χ2n) is 4.69. The number of rotatable bonds is 3. The molecule has 2 rings (SSSR count). The number of benzene rings is 1. The molecule has 0 bridgehead atoms. The summed E-state index contributed by atoms with van der Waals surface area (Å²) in [5.74, 6) is 0. The Hall–Kier alpha value is -0.470. The highest BCUT2D eigenvalue weighted by Gasteiger charge is 2.23. The fraction of sp³-hybridized carbons (Fsp3) is 0.571. The van der Waals surface area contributed by atoms with Crippen LogP contribution in [0.3, 0.4) is 0 Å². The minimum Gasteiger partial charge on any atom is -0.299 e. The molecule has 1 aromatic carbocycles. The SMILES string of the molecule is C[C@@H]([C@H](S)c1ccccc1)N1CCCCC1. The van der Waals surface area contributed by atoms with Crippen molar-refractivity contribution >= 4 is 12.6 Å². The van der Waals surface area contributed by atoms with Crippen molar-refractivity contribution < 1.29 is 0 Å². The van der Waals surface area contributed by atoms with E-state index in [0.29, 0.717) is 11.3 Å². The van der Waals surface area contributed by atoms with E-state index in [4.69, 9.17) is 12.6 Å². The van der Waals surface area contributed by atoms with E-state index >= 15 is 0 Å². The Morgan fingerprint density at radius 2 is 1.69 bits per heavy atom. The Labute approximate surface area is 104 Å². The molecule has 0 N–H and O–H groups in total. The highest BCUT2D eigenvalue weighted by molar-refractivity contribution is 7.80. The zero-order valence-corrected chi connectivity index (χ0v) is 10.9. The monoisotopic (exact) mass is 235 g/mol. The van der Waals surface area contributed by atoms with Gasteiger partial charge in [0.25, 0.3) is 0 Å². The van der Waals surface area contributed by atoms with Crippen LogP contribution in [0.2, 0.25) is 0 Å². The summed E-state index contributed by atoms with van der Waals surface area (Å²) in [5.41, 5.74) is 1.34. The number of hydrogen-bond donors (Lipinski definition) is 1. The number of piperidine rings is 1. The van der Waals surface area contributed by atoms with Crippen molar-refractivity contribution in [3.8, 4) is 0 Å². The van der Waals surface area contributed by atoms with Crippen molar-refractivity contribution in [2.75, 3.05) is 13.1 Å². The standard InChI is InChI=1S/C14H21NS/c1-12(15-10-6-3-7-11-15)14(16)13-8-4-2-5-9-13/h2,4-5,8-9,12,14,16H,3,6-7,10-11H2,1H3/t12-,14-/m0/s1. The molecule has 1 aromatic rings. The fourth-order valence-corrected chi connectivity index (χ4v) is 2.81. The summed E-state index contributed by atoms with van der Waals surface area (Å²) in [4.78, 5) is 2.58. The molecule has 1 heterocycles. The molecule has 0 aliphatic carbocycles. The van der Waals surface area contributed by atoms with Gasteiger partial charge in [-0.15, -0.1) is 0 Å². The largest absolute Gasteiger partial charge is 0.299 e. The van der Waals surface area contributed by atoms with Crippen molar-refractivity contribution in [2.45, 2.75) is 37.5 Å². The molecule has 1 aliphatic rings. The van der Waals surface area contributed by atoms with E-state index in [2.05, 4.69) is 42.2 Å². The van der Waals surface area contributed by atoms with Crippen LogP contribution in [0.25, 0.3) is 0 Å². The van der Waals surface area contributed by atoms with Gasteiger partial charge >= 0.3 is 0 Å². The van der Waals surface area contributed by atoms with Gasteiger partial charge in [0.15, 0.2) is 0 Å². The third-order valence-electron chi connectivity index (χ3n) is 3.56. The van der Waals surface area contributed by atoms with Crippen LogP contribution in [0.5, 0.6) is 0 Å². The van der Waals surface area contributed by atoms with E-state index in [9.17, 15) is 0 Å². The van der Waals surface area contributed by atoms with E-state index in [1.165, 1.54) is 37.9 Å². The Balaban J connectivity index is 2.00. The molecule has 0 aromatic heterocycles. The van der Waals surface area contributed by atoms with Crippen LogP contribution in [0.4, 0.5) is 0 Å². The van der Waals surface area contributed by atoms with Crippen LogP contribution in [0.15, 0.2) is 30.3 Å². The predicted octanol–water partition coefficient (Wildman–Crippen LogP) is 3.53. The van der Waals surface area contributed by atoms with Crippen molar-refractivity contribution in [3.05, 3.63) is 35.9 Å². The number of thiol groups is 1. The molecule has 0 spiro atoms. The summed E-state index contributed by atoms with van der Waals surface area (Å²) >= 11 is 4.78. The molecular weight excluding hydrogens is 214 g/mol. The van der Waals surface area contributed by atoms with Crippen molar-refractivity contribution in [1.82, 2.24) is 4.90 Å². The normalized spacial score (nSPS) is 21.6. The zero-order chi connectivity index (χ0) is 11.4. The van der Waals surface area contributed by atoms with E-state index in [1.54, 1.807) is 0 Å². The van der Waals surface area contributed by atoms with Gasteiger partial charge in [-0.2, -0.15) is 12.6 Å². The number of hydrogen-bond acceptors (Lipinski definition) is 2. The summed E-state index contributed by atoms with van der Waals surface area (Å²) < 4.78 is 0. The first-order valence-corrected chi connectivity index (χ1v) is 6.78. The zero-order valence-electron chi connectivity index (χ0n) is 9.97. The van der Waals surface area contributed by atoms with E-state index in [0.717, 1.165) is 0 Å². The quantitative estimate of drug-likeness (QED) is 0.784. The molecule has 1 aliphatic heterocycles. The van der Waals surface area contributed by atoms with Crippen LogP contribution >= 0.6 is 12.6 Å². The first-order valence-electron chi connectivity index (χ1n) is 6.26. The molecule has 16 heavy (non-hydrogen) atoms. The second kappa shape index (κ2) is 5.74. The van der Waals surface area contributed by atoms with Crippen LogP contribution < -0.4 is 0 Å². The molecule has 2 atom stereocenters. The van der Waals surface area contributed by atoms with Gasteiger partial charge in [-0.25, -0.2) is 0 Å². The molecule has 1 nitrogen and oxygen atoms in total. The highest BCUT2D eigenvalue weighted by atomic mass is 32.1. The highest BCUT2D eigenvalue weighted by Crippen LogP contribution is 2.28. The van der Waals surface area contributed by atoms with E-state index < -0.39 is 0 Å². The van der Waals surface area contributed by atoms with Gasteiger partial charge in [0.1, 0.15) is 0 Å². The average molecular weight is 235 g/mol. The molecule has 88 valence electrons. The van der Waals surface area contributed by atoms with Gasteiger partial charge in [-0.05, 0) is 38.4 Å². The van der Waals surface area contributed by atoms with Gasteiger partial charge in [0, 0.05) is 11.3 Å². The summed E-state index contributed by atoms with van der Waals surface area (Å²) in [5, 5.41) is 0.333. The van der Waals surface area contributed by atoms with E-state index in [1.807, 2.05) is 0 Å². The lowest BCUT2D eigenvalue weighted by Crippen LogP contribution is -2.39. The second-order valence-corrected chi connectivity index (χ2v) is 5.25. The summed E-state index contributed by atoms with van der Waals surface area (Å²) in [6, 6.07) is 11.2. The van der Waals surface area contributed by atoms with Crippen molar-refractivity contribution in [2.24, 2.45) is 0 Å². The first-order chi connectivity index (χ1) is 7.79. The van der Waals surface area contributed by atoms with Gasteiger partial charge < -0.3 is 0 Å². The molecule has 0 amide bonds. The number of nitrogens with zero attached hydrogens (tertiary/aromatic N) is 1. The van der Waals surface area contributed by atoms with Gasteiger partial charge in [-0.1, -0.05) is 36.8 Å². The predicted molar refractivity (Wildman–Crippen MR) is 73.1 cm³/mol. The Bertz CT molecular complexity index is 306. The maximum Gasteiger partial charge on any atom is 0.0419 e. The topological polar surface area (TPSA) is 3.24 Å². The lowest BCUT2D eigenvalue weighted by molar-refractivity contribution is 0.171. The third kappa shape index (κ3) is 2.80. The Morgan fingerprint density at radius 3 is 2.31 bits per heavy atom. The summed E-state index contributed by atoms with van der Waals surface area (Å²) in [7, 11) is 0. The maximum absolute atomic E-state index is 4.78. The molecule has 2 heteroatoms. The van der Waals surface area contributed by atoms with E-state index in [-0.39, 0.29) is 0 Å². The van der Waals surface area contributed by atoms with Crippen molar-refractivity contribution in [1.29, 1.82) is 0 Å². The maximum atomic E-state index is 4.78. The minimum atomic E-state index is 0.333. The minimum absolute atomic E-state index is 0.333. The first kappa shape index (κ1) is 12.0. The fourth-order valence-electron chi connectivity index (χ4n) is 2.45. The molecule has 1 fully saturated rings. The average Bonchev–Trinajstić information content (AvgIpc) is 2.39. The Morgan fingerprint density at radius 1 is 1.06 bits per heavy atom. The van der Waals surface area contributed by atoms with Gasteiger partial charge in [-0.3, -0.25) is 4.90 Å². The molecular formula is C14H21NS. The lowest BCUT2D eigenvalue weighted by Gasteiger charge is -2.35. The van der Waals surface area contributed by atoms with Gasteiger partial charge in [0.2, 0.25) is 0 Å². The summed E-state index contributed by atoms with van der Waals surface area (Å²) in [6.45, 7) is 4.78. The van der Waals surface area contributed by atoms with Crippen LogP contribution in [-0.4, -0.2) is 24.0 Å². The van der Waals surface area contributed by atoms with Crippen LogP contribution in [0, 0.1) is 0 Å². The molecule has 1 saturated heterocycles. The molecule has 0 radical (unpaired) electrons. The van der Waals surface area contributed by atoms with Crippen molar-refractivity contribution in [3.63, 3.8) is 0 Å². The Kier molecular flexibility index (Phi) is 4.30. The lowest BCUT2D eigenvalue weighted by atomic mass is 10.0. The van der Waals surface area contributed by atoms with Crippen LogP contribution in [-0.2, 0) is 0 Å². The number of likely N-dealkylation sites (tertiary alicyclic amines) is 1.